The van der Waals surface area contributed by atoms with Crippen molar-refractivity contribution < 1.29 is 19.1 Å². The normalized spacial score (nSPS) is 15.5. The molecule has 3 rings (SSSR count). The number of nitrogens with zero attached hydrogens (tertiary/aromatic N) is 1. The first-order chi connectivity index (χ1) is 14.5. The van der Waals surface area contributed by atoms with Gasteiger partial charge in [0.1, 0.15) is 11.5 Å². The summed E-state index contributed by atoms with van der Waals surface area (Å²) in [7, 11) is 3.22. The first-order valence-electron chi connectivity index (χ1n) is 9.89. The Balaban J connectivity index is 1.57. The van der Waals surface area contributed by atoms with E-state index in [1.165, 1.54) is 0 Å². The van der Waals surface area contributed by atoms with Crippen molar-refractivity contribution >= 4 is 17.6 Å². The maximum absolute atomic E-state index is 12.8. The molecular formula is C22H28N4O4. The zero-order valence-electron chi connectivity index (χ0n) is 17.3. The second-order valence-electron chi connectivity index (χ2n) is 7.13. The number of amides is 3. The van der Waals surface area contributed by atoms with Crippen LogP contribution in [0, 0.1) is 0 Å². The fraction of sp³-hybridized carbons (Fsp3) is 0.364. The average Bonchev–Trinajstić information content (AvgIpc) is 3.26. The van der Waals surface area contributed by atoms with Crippen LogP contribution in [0.3, 0.4) is 0 Å². The molecule has 1 aliphatic rings. The molecule has 160 valence electrons. The predicted molar refractivity (Wildman–Crippen MR) is 114 cm³/mol. The van der Waals surface area contributed by atoms with Crippen molar-refractivity contribution in [2.75, 3.05) is 33.0 Å². The molecule has 4 N–H and O–H groups in total. The molecule has 8 nitrogen and oxygen atoms in total. The van der Waals surface area contributed by atoms with Crippen LogP contribution in [0.5, 0.6) is 11.5 Å². The van der Waals surface area contributed by atoms with E-state index in [1.54, 1.807) is 31.3 Å². The van der Waals surface area contributed by atoms with E-state index in [1.807, 2.05) is 30.3 Å². The number of hydrogen-bond donors (Lipinski definition) is 3. The molecule has 0 aromatic heterocycles. The van der Waals surface area contributed by atoms with Gasteiger partial charge in [0.25, 0.3) is 0 Å². The second kappa shape index (κ2) is 9.87. The zero-order valence-corrected chi connectivity index (χ0v) is 17.3. The molecule has 1 heterocycles. The first kappa shape index (κ1) is 21.3. The molecule has 0 saturated carbocycles. The van der Waals surface area contributed by atoms with Gasteiger partial charge in [0, 0.05) is 24.3 Å². The lowest BCUT2D eigenvalue weighted by Crippen LogP contribution is -2.43. The molecule has 8 heteroatoms. The van der Waals surface area contributed by atoms with Gasteiger partial charge < -0.3 is 30.7 Å². The summed E-state index contributed by atoms with van der Waals surface area (Å²) in [6.07, 6.45) is 1.72. The Morgan fingerprint density at radius 1 is 1.10 bits per heavy atom. The van der Waals surface area contributed by atoms with E-state index in [9.17, 15) is 9.59 Å². The monoisotopic (exact) mass is 412 g/mol. The minimum absolute atomic E-state index is 0.0731. The van der Waals surface area contributed by atoms with Crippen LogP contribution in [0.1, 0.15) is 30.0 Å². The number of rotatable bonds is 7. The van der Waals surface area contributed by atoms with Crippen LogP contribution >= 0.6 is 0 Å². The average molecular weight is 412 g/mol. The lowest BCUT2D eigenvalue weighted by atomic mass is 10.0. The van der Waals surface area contributed by atoms with Gasteiger partial charge in [0.2, 0.25) is 5.91 Å². The number of ether oxygens (including phenoxy) is 2. The largest absolute Gasteiger partial charge is 0.497 e. The molecule has 1 fully saturated rings. The minimum atomic E-state index is -0.394. The Hall–Kier alpha value is -3.42. The molecule has 0 spiro atoms. The Morgan fingerprint density at radius 3 is 2.57 bits per heavy atom. The number of nitrogens with one attached hydrogen (secondary N) is 2. The first-order valence-corrected chi connectivity index (χ1v) is 9.89. The third-order valence-corrected chi connectivity index (χ3v) is 5.20. The molecule has 0 bridgehead atoms. The molecule has 1 aliphatic heterocycles. The molecule has 0 aliphatic carbocycles. The summed E-state index contributed by atoms with van der Waals surface area (Å²) in [6, 6.07) is 12.3. The quantitative estimate of drug-likeness (QED) is 0.606. The Kier molecular flexibility index (Phi) is 7.00. The predicted octanol–water partition coefficient (Wildman–Crippen LogP) is 2.45. The van der Waals surface area contributed by atoms with Crippen LogP contribution in [0.4, 0.5) is 10.5 Å². The highest BCUT2D eigenvalue weighted by atomic mass is 16.5. The number of nitrogen functional groups attached to an aromatic ring is 1. The molecule has 30 heavy (non-hydrogen) atoms. The third kappa shape index (κ3) is 5.14. The molecule has 0 radical (unpaired) electrons. The van der Waals surface area contributed by atoms with Crippen LogP contribution in [0.2, 0.25) is 0 Å². The maximum Gasteiger partial charge on any atom is 0.315 e. The number of anilines is 1. The Bertz CT molecular complexity index is 885. The van der Waals surface area contributed by atoms with Crippen molar-refractivity contribution in [3.8, 4) is 11.5 Å². The topological polar surface area (TPSA) is 106 Å². The van der Waals surface area contributed by atoms with E-state index in [4.69, 9.17) is 15.2 Å². The van der Waals surface area contributed by atoms with Gasteiger partial charge in [-0.1, -0.05) is 12.1 Å². The van der Waals surface area contributed by atoms with E-state index in [-0.39, 0.29) is 18.5 Å². The SMILES string of the molecule is COc1ccc(OC)c([C@H]2CCCN2C(=O)CNC(=O)NCc2ccc(N)cc2)c1. The molecular weight excluding hydrogens is 384 g/mol. The van der Waals surface area contributed by atoms with Crippen molar-refractivity contribution in [1.29, 1.82) is 0 Å². The summed E-state index contributed by atoms with van der Waals surface area (Å²) in [5.74, 6) is 1.30. The van der Waals surface area contributed by atoms with Crippen LogP contribution in [-0.2, 0) is 11.3 Å². The number of nitrogens with two attached hydrogens (primary N) is 1. The summed E-state index contributed by atoms with van der Waals surface area (Å²) < 4.78 is 10.8. The van der Waals surface area contributed by atoms with Crippen LogP contribution in [-0.4, -0.2) is 44.1 Å². The molecule has 2 aromatic rings. The van der Waals surface area contributed by atoms with Gasteiger partial charge in [-0.25, -0.2) is 4.79 Å². The van der Waals surface area contributed by atoms with Crippen molar-refractivity contribution in [2.45, 2.75) is 25.4 Å². The van der Waals surface area contributed by atoms with E-state index >= 15 is 0 Å². The highest BCUT2D eigenvalue weighted by Gasteiger charge is 2.32. The number of carbonyl (C=O) groups excluding carboxylic acids is 2. The van der Waals surface area contributed by atoms with E-state index in [2.05, 4.69) is 10.6 Å². The van der Waals surface area contributed by atoms with E-state index in [0.717, 1.165) is 29.7 Å². The Labute approximate surface area is 176 Å². The number of urea groups is 1. The van der Waals surface area contributed by atoms with Gasteiger partial charge in [-0.15, -0.1) is 0 Å². The number of hydrogen-bond acceptors (Lipinski definition) is 5. The van der Waals surface area contributed by atoms with Gasteiger partial charge in [0.05, 0.1) is 26.8 Å². The summed E-state index contributed by atoms with van der Waals surface area (Å²) >= 11 is 0. The second-order valence-corrected chi connectivity index (χ2v) is 7.13. The number of methoxy groups -OCH3 is 2. The summed E-state index contributed by atoms with van der Waals surface area (Å²) in [5.41, 5.74) is 8.16. The maximum atomic E-state index is 12.8. The molecule has 3 amide bonds. The van der Waals surface area contributed by atoms with Crippen LogP contribution in [0.15, 0.2) is 42.5 Å². The van der Waals surface area contributed by atoms with Crippen LogP contribution < -0.4 is 25.8 Å². The van der Waals surface area contributed by atoms with Gasteiger partial charge in [-0.05, 0) is 48.7 Å². The summed E-state index contributed by atoms with van der Waals surface area (Å²) in [6.45, 7) is 0.919. The minimum Gasteiger partial charge on any atom is -0.497 e. The number of likely N-dealkylation sites (tertiary alicyclic amines) is 1. The summed E-state index contributed by atoms with van der Waals surface area (Å²) in [4.78, 5) is 26.7. The van der Waals surface area contributed by atoms with Crippen molar-refractivity contribution in [3.05, 3.63) is 53.6 Å². The Morgan fingerprint density at radius 2 is 1.87 bits per heavy atom. The molecule has 0 unspecified atom stereocenters. The lowest BCUT2D eigenvalue weighted by Gasteiger charge is -2.27. The van der Waals surface area contributed by atoms with Gasteiger partial charge >= 0.3 is 6.03 Å². The molecule has 1 atom stereocenters. The number of benzene rings is 2. The zero-order chi connectivity index (χ0) is 21.5. The highest BCUT2D eigenvalue weighted by Crippen LogP contribution is 2.38. The van der Waals surface area contributed by atoms with E-state index < -0.39 is 6.03 Å². The third-order valence-electron chi connectivity index (χ3n) is 5.20. The van der Waals surface area contributed by atoms with Crippen LogP contribution in [0.25, 0.3) is 0 Å². The summed E-state index contributed by atoms with van der Waals surface area (Å²) in [5, 5.41) is 5.38. The fourth-order valence-electron chi connectivity index (χ4n) is 3.63. The van der Waals surface area contributed by atoms with Gasteiger partial charge in [-0.2, -0.15) is 0 Å². The standard InChI is InChI=1S/C22H28N4O4/c1-29-17-9-10-20(30-2)18(12-17)19-4-3-11-26(19)21(27)14-25-22(28)24-13-15-5-7-16(23)8-6-15/h5-10,12,19H,3-4,11,13-14,23H2,1-2H3,(H2,24,25,28)/t19-/m1/s1. The molecule has 2 aromatic carbocycles. The fourth-order valence-corrected chi connectivity index (χ4v) is 3.63. The van der Waals surface area contributed by atoms with Crippen molar-refractivity contribution in [2.24, 2.45) is 0 Å². The molecule has 1 saturated heterocycles. The van der Waals surface area contributed by atoms with Gasteiger partial charge in [0.15, 0.2) is 0 Å². The smallest absolute Gasteiger partial charge is 0.315 e. The van der Waals surface area contributed by atoms with Crippen molar-refractivity contribution in [3.63, 3.8) is 0 Å². The van der Waals surface area contributed by atoms with Crippen molar-refractivity contribution in [1.82, 2.24) is 15.5 Å². The van der Waals surface area contributed by atoms with E-state index in [0.29, 0.717) is 24.5 Å². The lowest BCUT2D eigenvalue weighted by molar-refractivity contribution is -0.131. The number of carbonyl (C=O) groups is 2. The van der Waals surface area contributed by atoms with Gasteiger partial charge in [-0.3, -0.25) is 4.79 Å². The highest BCUT2D eigenvalue weighted by molar-refractivity contribution is 5.84.